The molecule has 0 unspecified atom stereocenters. The zero-order valence-corrected chi connectivity index (χ0v) is 12.6. The van der Waals surface area contributed by atoms with Crippen molar-refractivity contribution in [3.63, 3.8) is 0 Å². The Bertz CT molecular complexity index is 704. The van der Waals surface area contributed by atoms with Crippen molar-refractivity contribution in [2.75, 3.05) is 11.1 Å². The first kappa shape index (κ1) is 14.3. The molecule has 0 fully saturated rings. The van der Waals surface area contributed by atoms with E-state index in [-0.39, 0.29) is 5.60 Å². The molecule has 3 N–H and O–H groups in total. The van der Waals surface area contributed by atoms with Crippen molar-refractivity contribution in [1.82, 2.24) is 0 Å². The molecule has 2 aromatic rings. The molecule has 0 heterocycles. The van der Waals surface area contributed by atoms with Crippen LogP contribution in [0.4, 0.5) is 17.1 Å². The molecule has 3 nitrogen and oxygen atoms in total. The lowest BCUT2D eigenvalue weighted by Crippen LogP contribution is -2.30. The standard InChI is InChI=1S/C19H20N2O/c1-19(13-5-2-6-14-19)22-18-8-4-3-7-17(18)21-16-11-9-15(20)10-12-16/h2-13,21H,14,20H2,1H3/t19-/m0/s1. The summed E-state index contributed by atoms with van der Waals surface area (Å²) in [6.45, 7) is 2.09. The van der Waals surface area contributed by atoms with Crippen LogP contribution in [0.25, 0.3) is 0 Å². The monoisotopic (exact) mass is 292 g/mol. The Balaban J connectivity index is 1.82. The summed E-state index contributed by atoms with van der Waals surface area (Å²) in [5.41, 5.74) is 8.09. The zero-order chi connectivity index (χ0) is 15.4. The highest BCUT2D eigenvalue weighted by Crippen LogP contribution is 2.33. The van der Waals surface area contributed by atoms with Gasteiger partial charge in [-0.1, -0.05) is 30.4 Å². The number of para-hydroxylation sites is 2. The Kier molecular flexibility index (Phi) is 3.88. The van der Waals surface area contributed by atoms with E-state index in [1.54, 1.807) is 0 Å². The number of nitrogens with one attached hydrogen (secondary N) is 1. The van der Waals surface area contributed by atoms with Gasteiger partial charge in [-0.3, -0.25) is 0 Å². The van der Waals surface area contributed by atoms with Crippen LogP contribution < -0.4 is 15.8 Å². The predicted molar refractivity (Wildman–Crippen MR) is 92.5 cm³/mol. The van der Waals surface area contributed by atoms with Gasteiger partial charge in [-0.25, -0.2) is 0 Å². The molecule has 0 saturated carbocycles. The van der Waals surface area contributed by atoms with Crippen LogP contribution in [0.1, 0.15) is 13.3 Å². The third kappa shape index (κ3) is 3.31. The quantitative estimate of drug-likeness (QED) is 0.805. The Morgan fingerprint density at radius 3 is 2.55 bits per heavy atom. The van der Waals surface area contributed by atoms with Crippen molar-refractivity contribution in [3.05, 3.63) is 72.8 Å². The average Bonchev–Trinajstić information content (AvgIpc) is 2.52. The van der Waals surface area contributed by atoms with Gasteiger partial charge in [-0.05, 0) is 49.4 Å². The molecule has 1 atom stereocenters. The van der Waals surface area contributed by atoms with E-state index < -0.39 is 0 Å². The molecule has 0 amide bonds. The maximum Gasteiger partial charge on any atom is 0.144 e. The molecule has 0 bridgehead atoms. The number of nitrogen functional groups attached to an aromatic ring is 1. The fraction of sp³-hybridized carbons (Fsp3) is 0.158. The first-order valence-electron chi connectivity index (χ1n) is 7.40. The molecule has 2 aromatic carbocycles. The van der Waals surface area contributed by atoms with Gasteiger partial charge in [-0.2, -0.15) is 0 Å². The molecule has 3 heteroatoms. The van der Waals surface area contributed by atoms with Crippen LogP contribution in [0.15, 0.2) is 72.8 Å². The smallest absolute Gasteiger partial charge is 0.144 e. The second kappa shape index (κ2) is 5.98. The topological polar surface area (TPSA) is 47.3 Å². The average molecular weight is 292 g/mol. The van der Waals surface area contributed by atoms with E-state index >= 15 is 0 Å². The third-order valence-electron chi connectivity index (χ3n) is 3.64. The van der Waals surface area contributed by atoms with Gasteiger partial charge >= 0.3 is 0 Å². The lowest BCUT2D eigenvalue weighted by molar-refractivity contribution is 0.144. The van der Waals surface area contributed by atoms with E-state index in [4.69, 9.17) is 10.5 Å². The van der Waals surface area contributed by atoms with E-state index in [9.17, 15) is 0 Å². The molecule has 0 aliphatic heterocycles. The van der Waals surface area contributed by atoms with Crippen LogP contribution in [0.2, 0.25) is 0 Å². The summed E-state index contributed by atoms with van der Waals surface area (Å²) >= 11 is 0. The minimum Gasteiger partial charge on any atom is -0.481 e. The maximum absolute atomic E-state index is 6.24. The number of hydrogen-bond acceptors (Lipinski definition) is 3. The number of hydrogen-bond donors (Lipinski definition) is 2. The highest BCUT2D eigenvalue weighted by Gasteiger charge is 2.24. The Morgan fingerprint density at radius 1 is 1.05 bits per heavy atom. The highest BCUT2D eigenvalue weighted by atomic mass is 16.5. The third-order valence-corrected chi connectivity index (χ3v) is 3.64. The normalized spacial score (nSPS) is 19.9. The summed E-state index contributed by atoms with van der Waals surface area (Å²) in [6, 6.07) is 15.6. The van der Waals surface area contributed by atoms with Crippen LogP contribution >= 0.6 is 0 Å². The first-order valence-corrected chi connectivity index (χ1v) is 7.40. The fourth-order valence-corrected chi connectivity index (χ4v) is 2.42. The van der Waals surface area contributed by atoms with Gasteiger partial charge in [0.25, 0.3) is 0 Å². The van der Waals surface area contributed by atoms with Crippen molar-refractivity contribution in [1.29, 1.82) is 0 Å². The summed E-state index contributed by atoms with van der Waals surface area (Å²) in [7, 11) is 0. The molecule has 0 spiro atoms. The van der Waals surface area contributed by atoms with E-state index in [2.05, 4.69) is 24.4 Å². The van der Waals surface area contributed by atoms with E-state index in [1.807, 2.05) is 60.7 Å². The molecule has 22 heavy (non-hydrogen) atoms. The lowest BCUT2D eigenvalue weighted by Gasteiger charge is -2.29. The summed E-state index contributed by atoms with van der Waals surface area (Å²) in [5.74, 6) is 0.835. The van der Waals surface area contributed by atoms with Gasteiger partial charge in [-0.15, -0.1) is 0 Å². The summed E-state index contributed by atoms with van der Waals surface area (Å²) in [6.07, 6.45) is 9.14. The second-order valence-electron chi connectivity index (χ2n) is 5.65. The molecule has 3 rings (SSSR count). The lowest BCUT2D eigenvalue weighted by atomic mass is 9.97. The number of benzene rings is 2. The summed E-state index contributed by atoms with van der Waals surface area (Å²) in [4.78, 5) is 0. The number of anilines is 3. The van der Waals surface area contributed by atoms with Gasteiger partial charge in [0.05, 0.1) is 5.69 Å². The van der Waals surface area contributed by atoms with Crippen LogP contribution in [0, 0.1) is 0 Å². The fourth-order valence-electron chi connectivity index (χ4n) is 2.42. The Labute approximate surface area is 131 Å². The van der Waals surface area contributed by atoms with Crippen molar-refractivity contribution >= 4 is 17.1 Å². The second-order valence-corrected chi connectivity index (χ2v) is 5.65. The van der Waals surface area contributed by atoms with Crippen LogP contribution in [-0.4, -0.2) is 5.60 Å². The molecule has 0 saturated heterocycles. The van der Waals surface area contributed by atoms with Crippen LogP contribution in [-0.2, 0) is 0 Å². The molecule has 1 aliphatic carbocycles. The number of allylic oxidation sites excluding steroid dienone is 2. The first-order chi connectivity index (χ1) is 10.6. The minimum atomic E-state index is -0.312. The predicted octanol–water partition coefficient (Wildman–Crippen LogP) is 4.67. The number of ether oxygens (including phenoxy) is 1. The van der Waals surface area contributed by atoms with E-state index in [0.717, 1.165) is 29.2 Å². The summed E-state index contributed by atoms with van der Waals surface area (Å²) in [5, 5.41) is 3.38. The van der Waals surface area contributed by atoms with E-state index in [0.29, 0.717) is 0 Å². The van der Waals surface area contributed by atoms with Crippen molar-refractivity contribution < 1.29 is 4.74 Å². The Morgan fingerprint density at radius 2 is 1.82 bits per heavy atom. The van der Waals surface area contributed by atoms with E-state index in [1.165, 1.54) is 0 Å². The van der Waals surface area contributed by atoms with Crippen LogP contribution in [0.5, 0.6) is 5.75 Å². The van der Waals surface area contributed by atoms with Gasteiger partial charge in [0.15, 0.2) is 0 Å². The van der Waals surface area contributed by atoms with Crippen molar-refractivity contribution in [2.24, 2.45) is 0 Å². The summed E-state index contributed by atoms with van der Waals surface area (Å²) < 4.78 is 6.24. The number of nitrogens with two attached hydrogens (primary N) is 1. The zero-order valence-electron chi connectivity index (χ0n) is 12.6. The van der Waals surface area contributed by atoms with Crippen LogP contribution in [0.3, 0.4) is 0 Å². The minimum absolute atomic E-state index is 0.312. The SMILES string of the molecule is C[C@]1(Oc2ccccc2Nc2ccc(N)cc2)C=CC=CC1. The van der Waals surface area contributed by atoms with Gasteiger partial charge in [0.1, 0.15) is 11.4 Å². The molecular weight excluding hydrogens is 272 g/mol. The Hall–Kier alpha value is -2.68. The van der Waals surface area contributed by atoms with Crippen molar-refractivity contribution in [3.8, 4) is 5.75 Å². The van der Waals surface area contributed by atoms with Gasteiger partial charge in [0.2, 0.25) is 0 Å². The van der Waals surface area contributed by atoms with Gasteiger partial charge in [0, 0.05) is 17.8 Å². The van der Waals surface area contributed by atoms with Gasteiger partial charge < -0.3 is 15.8 Å². The molecule has 0 radical (unpaired) electrons. The highest BCUT2D eigenvalue weighted by molar-refractivity contribution is 5.67. The largest absolute Gasteiger partial charge is 0.481 e. The molecular formula is C19H20N2O. The molecule has 112 valence electrons. The number of rotatable bonds is 4. The van der Waals surface area contributed by atoms with Crippen molar-refractivity contribution in [2.45, 2.75) is 18.9 Å². The molecule has 0 aromatic heterocycles. The maximum atomic E-state index is 6.24. The molecule has 1 aliphatic rings.